The van der Waals surface area contributed by atoms with E-state index in [0.29, 0.717) is 0 Å². The maximum atomic E-state index is 13.2. The van der Waals surface area contributed by atoms with Crippen LogP contribution in [-0.2, 0) is 6.42 Å². The molecule has 0 saturated heterocycles. The van der Waals surface area contributed by atoms with Crippen molar-refractivity contribution in [3.63, 3.8) is 0 Å². The van der Waals surface area contributed by atoms with Gasteiger partial charge in [0.05, 0.1) is 6.04 Å². The molecule has 140 valence electrons. The average Bonchev–Trinajstić information content (AvgIpc) is 2.67. The Morgan fingerprint density at radius 3 is 2.63 bits per heavy atom. The Hall–Kier alpha value is -2.82. The van der Waals surface area contributed by atoms with E-state index in [1.807, 2.05) is 0 Å². The van der Waals surface area contributed by atoms with Crippen molar-refractivity contribution < 1.29 is 4.39 Å². The third-order valence-electron chi connectivity index (χ3n) is 5.52. The van der Waals surface area contributed by atoms with E-state index in [1.54, 1.807) is 12.1 Å². The first-order valence-corrected chi connectivity index (χ1v) is 9.41. The van der Waals surface area contributed by atoms with Gasteiger partial charge >= 0.3 is 0 Å². The first kappa shape index (κ1) is 17.6. The molecule has 0 fully saturated rings. The maximum absolute atomic E-state index is 13.2. The summed E-state index contributed by atoms with van der Waals surface area (Å²) in [4.78, 5) is 7.34. The Labute approximate surface area is 159 Å². The summed E-state index contributed by atoms with van der Waals surface area (Å²) in [7, 11) is 0. The van der Waals surface area contributed by atoms with Crippen LogP contribution in [-0.4, -0.2) is 23.6 Å². The molecule has 0 spiro atoms. The van der Waals surface area contributed by atoms with Gasteiger partial charge in [-0.15, -0.1) is 0 Å². The van der Waals surface area contributed by atoms with Gasteiger partial charge in [-0.3, -0.25) is 0 Å². The summed E-state index contributed by atoms with van der Waals surface area (Å²) in [6.07, 6.45) is 0.744. The van der Waals surface area contributed by atoms with Gasteiger partial charge in [-0.2, -0.15) is 0 Å². The molecule has 27 heavy (non-hydrogen) atoms. The summed E-state index contributed by atoms with van der Waals surface area (Å²) in [5.41, 5.74) is 5.90. The van der Waals surface area contributed by atoms with Crippen LogP contribution >= 0.6 is 0 Å². The molecular weight excluding hydrogens is 339 g/mol. The summed E-state index contributed by atoms with van der Waals surface area (Å²) in [5, 5.41) is 6.73. The zero-order valence-corrected chi connectivity index (χ0v) is 16.0. The minimum atomic E-state index is -0.279. The van der Waals surface area contributed by atoms with Crippen LogP contribution in [0.3, 0.4) is 0 Å². The number of hydrogen-bond donors (Lipinski definition) is 2. The van der Waals surface area contributed by atoms with E-state index in [4.69, 9.17) is 4.99 Å². The molecule has 2 aromatic rings. The second kappa shape index (κ2) is 7.06. The Morgan fingerprint density at radius 1 is 1.11 bits per heavy atom. The lowest BCUT2D eigenvalue weighted by atomic mass is 9.93. The molecule has 0 aromatic heterocycles. The lowest BCUT2D eigenvalue weighted by molar-refractivity contribution is 0.314. The van der Waals surface area contributed by atoms with E-state index in [2.05, 4.69) is 60.6 Å². The van der Waals surface area contributed by atoms with Gasteiger partial charge in [0, 0.05) is 23.5 Å². The molecule has 2 heterocycles. The van der Waals surface area contributed by atoms with Gasteiger partial charge in [-0.1, -0.05) is 24.3 Å². The average molecular weight is 364 g/mol. The van der Waals surface area contributed by atoms with Crippen molar-refractivity contribution in [2.24, 2.45) is 4.99 Å². The molecule has 2 N–H and O–H groups in total. The summed E-state index contributed by atoms with van der Waals surface area (Å²) >= 11 is 0. The van der Waals surface area contributed by atoms with E-state index in [9.17, 15) is 4.39 Å². The number of fused-ring (bicyclic) bond motifs is 1. The summed E-state index contributed by atoms with van der Waals surface area (Å²) in [6.45, 7) is 7.38. The Bertz CT molecular complexity index is 901. The fraction of sp³-hybridized carbons (Fsp3) is 0.318. The zero-order valence-electron chi connectivity index (χ0n) is 16.0. The fourth-order valence-electron chi connectivity index (χ4n) is 3.86. The fourth-order valence-corrected chi connectivity index (χ4v) is 3.86. The molecule has 2 unspecified atom stereocenters. The Morgan fingerprint density at radius 2 is 1.85 bits per heavy atom. The molecule has 0 bridgehead atoms. The highest BCUT2D eigenvalue weighted by atomic mass is 19.1. The van der Waals surface area contributed by atoms with Crippen molar-refractivity contribution in [2.45, 2.75) is 39.5 Å². The number of allylic oxidation sites excluding steroid dienone is 1. The minimum Gasteiger partial charge on any atom is -0.350 e. The number of hydrogen-bond acceptors (Lipinski definition) is 4. The molecule has 0 radical (unpaired) electrons. The third-order valence-corrected chi connectivity index (χ3v) is 5.52. The number of amidine groups is 1. The van der Waals surface area contributed by atoms with Crippen LogP contribution in [0.4, 0.5) is 10.1 Å². The highest BCUT2D eigenvalue weighted by Gasteiger charge is 2.29. The smallest absolute Gasteiger partial charge is 0.196 e. The molecule has 0 aliphatic carbocycles. The molecule has 4 rings (SSSR count). The molecule has 5 heteroatoms. The second-order valence-electron chi connectivity index (χ2n) is 7.22. The SMILES string of the molecule is CC1=C(C)C(N2CCc3ccccc3C2C)=NC(Nc2ccc(F)cc2)N1. The van der Waals surface area contributed by atoms with Crippen LogP contribution < -0.4 is 10.6 Å². The van der Waals surface area contributed by atoms with E-state index in [0.717, 1.165) is 30.2 Å². The second-order valence-corrected chi connectivity index (χ2v) is 7.22. The van der Waals surface area contributed by atoms with Crippen molar-refractivity contribution in [3.8, 4) is 0 Å². The highest BCUT2D eigenvalue weighted by molar-refractivity contribution is 5.99. The molecule has 2 aliphatic heterocycles. The predicted octanol–water partition coefficient (Wildman–Crippen LogP) is 4.44. The van der Waals surface area contributed by atoms with Crippen molar-refractivity contribution in [3.05, 3.63) is 76.7 Å². The van der Waals surface area contributed by atoms with Crippen molar-refractivity contribution in [1.29, 1.82) is 0 Å². The monoisotopic (exact) mass is 364 g/mol. The molecule has 2 aromatic carbocycles. The normalized spacial score (nSPS) is 22.1. The molecule has 0 saturated carbocycles. The Balaban J connectivity index is 1.61. The lowest BCUT2D eigenvalue weighted by Gasteiger charge is -2.40. The van der Waals surface area contributed by atoms with Gasteiger partial charge in [0.1, 0.15) is 11.7 Å². The van der Waals surface area contributed by atoms with E-state index < -0.39 is 0 Å². The number of nitrogens with one attached hydrogen (secondary N) is 2. The van der Waals surface area contributed by atoms with Crippen molar-refractivity contribution in [1.82, 2.24) is 10.2 Å². The summed E-state index contributed by atoms with van der Waals surface area (Å²) in [6, 6.07) is 15.3. The van der Waals surface area contributed by atoms with Gasteiger partial charge in [0.2, 0.25) is 0 Å². The molecular formula is C22H25FN4. The third kappa shape index (κ3) is 3.42. The van der Waals surface area contributed by atoms with Crippen LogP contribution in [0.25, 0.3) is 0 Å². The number of rotatable bonds is 2. The lowest BCUT2D eigenvalue weighted by Crippen LogP contribution is -2.46. The van der Waals surface area contributed by atoms with Crippen LogP contribution in [0.2, 0.25) is 0 Å². The van der Waals surface area contributed by atoms with Crippen LogP contribution in [0.1, 0.15) is 37.9 Å². The number of anilines is 1. The maximum Gasteiger partial charge on any atom is 0.196 e. The molecule has 0 amide bonds. The number of halogens is 1. The quantitative estimate of drug-likeness (QED) is 0.828. The van der Waals surface area contributed by atoms with Crippen molar-refractivity contribution in [2.75, 3.05) is 11.9 Å². The first-order chi connectivity index (χ1) is 13.0. The van der Waals surface area contributed by atoms with Gasteiger partial charge in [-0.25, -0.2) is 9.38 Å². The largest absolute Gasteiger partial charge is 0.350 e. The van der Waals surface area contributed by atoms with Gasteiger partial charge in [0.15, 0.2) is 6.29 Å². The van der Waals surface area contributed by atoms with Gasteiger partial charge in [0.25, 0.3) is 0 Å². The van der Waals surface area contributed by atoms with Crippen molar-refractivity contribution >= 4 is 11.5 Å². The number of nitrogens with zero attached hydrogens (tertiary/aromatic N) is 2. The molecule has 2 aliphatic rings. The molecule has 2 atom stereocenters. The standard InChI is InChI=1S/C22H25FN4/c1-14-15(2)24-22(25-19-10-8-18(23)9-11-19)26-21(14)27-13-12-17-6-4-5-7-20(17)16(27)3/h4-11,16,22,24-25H,12-13H2,1-3H3. The predicted molar refractivity (Wildman–Crippen MR) is 108 cm³/mol. The van der Waals surface area contributed by atoms with Crippen LogP contribution in [0.15, 0.2) is 64.8 Å². The van der Waals surface area contributed by atoms with E-state index in [-0.39, 0.29) is 18.1 Å². The van der Waals surface area contributed by atoms with Crippen LogP contribution in [0, 0.1) is 5.82 Å². The summed E-state index contributed by atoms with van der Waals surface area (Å²) in [5.74, 6) is 0.780. The highest BCUT2D eigenvalue weighted by Crippen LogP contribution is 2.31. The van der Waals surface area contributed by atoms with Gasteiger partial charge < -0.3 is 15.5 Å². The zero-order chi connectivity index (χ0) is 19.0. The number of aliphatic imine (C=N–C) groups is 1. The minimum absolute atomic E-state index is 0.242. The Kier molecular flexibility index (Phi) is 4.60. The first-order valence-electron chi connectivity index (χ1n) is 9.41. The summed E-state index contributed by atoms with van der Waals surface area (Å²) < 4.78 is 13.2. The topological polar surface area (TPSA) is 39.7 Å². The van der Waals surface area contributed by atoms with Crippen LogP contribution in [0.5, 0.6) is 0 Å². The molecule has 4 nitrogen and oxygen atoms in total. The van der Waals surface area contributed by atoms with Gasteiger partial charge in [-0.05, 0) is 62.6 Å². The van der Waals surface area contributed by atoms with E-state index in [1.165, 1.54) is 28.8 Å². The number of benzene rings is 2. The van der Waals surface area contributed by atoms with E-state index >= 15 is 0 Å².